The van der Waals surface area contributed by atoms with E-state index in [1.54, 1.807) is 0 Å². The molecular formula is C16H25NO3. The van der Waals surface area contributed by atoms with E-state index in [9.17, 15) is 5.11 Å². The molecule has 0 unspecified atom stereocenters. The third-order valence-corrected chi connectivity index (χ3v) is 3.45. The van der Waals surface area contributed by atoms with Crippen LogP contribution >= 0.6 is 0 Å². The van der Waals surface area contributed by atoms with E-state index in [1.807, 2.05) is 18.2 Å². The van der Waals surface area contributed by atoms with Gasteiger partial charge in [0, 0.05) is 13.2 Å². The van der Waals surface area contributed by atoms with Gasteiger partial charge in [-0.15, -0.1) is 0 Å². The zero-order chi connectivity index (χ0) is 14.0. The predicted molar refractivity (Wildman–Crippen MR) is 78.8 cm³/mol. The van der Waals surface area contributed by atoms with Gasteiger partial charge in [-0.2, -0.15) is 0 Å². The highest BCUT2D eigenvalue weighted by Gasteiger charge is 2.15. The van der Waals surface area contributed by atoms with Gasteiger partial charge in [0.15, 0.2) is 0 Å². The lowest BCUT2D eigenvalue weighted by Gasteiger charge is -2.14. The molecule has 2 atom stereocenters. The highest BCUT2D eigenvalue weighted by atomic mass is 16.5. The van der Waals surface area contributed by atoms with Gasteiger partial charge >= 0.3 is 0 Å². The van der Waals surface area contributed by atoms with Gasteiger partial charge in [-0.3, -0.25) is 0 Å². The molecule has 1 aliphatic rings. The number of ether oxygens (including phenoxy) is 2. The molecule has 2 N–H and O–H groups in total. The van der Waals surface area contributed by atoms with E-state index < -0.39 is 6.10 Å². The van der Waals surface area contributed by atoms with Crippen LogP contribution in [0.3, 0.4) is 0 Å². The molecule has 1 saturated heterocycles. The van der Waals surface area contributed by atoms with Gasteiger partial charge in [-0.25, -0.2) is 0 Å². The van der Waals surface area contributed by atoms with E-state index in [0.29, 0.717) is 19.8 Å². The molecule has 20 heavy (non-hydrogen) atoms. The zero-order valence-electron chi connectivity index (χ0n) is 12.0. The van der Waals surface area contributed by atoms with Crippen molar-refractivity contribution < 1.29 is 14.6 Å². The Balaban J connectivity index is 1.46. The third-order valence-electron chi connectivity index (χ3n) is 3.45. The van der Waals surface area contributed by atoms with Crippen molar-refractivity contribution in [3.05, 3.63) is 35.9 Å². The molecule has 2 rings (SSSR count). The molecule has 0 bridgehead atoms. The number of benzene rings is 1. The van der Waals surface area contributed by atoms with Gasteiger partial charge in [0.05, 0.1) is 25.4 Å². The fourth-order valence-corrected chi connectivity index (χ4v) is 2.32. The van der Waals surface area contributed by atoms with E-state index in [0.717, 1.165) is 32.4 Å². The van der Waals surface area contributed by atoms with Crippen LogP contribution in [-0.4, -0.2) is 50.2 Å². The normalized spacial score (nSPS) is 20.1. The molecule has 0 spiro atoms. The van der Waals surface area contributed by atoms with E-state index in [-0.39, 0.29) is 6.10 Å². The lowest BCUT2D eigenvalue weighted by molar-refractivity contribution is -0.0163. The number of hydrogen-bond acceptors (Lipinski definition) is 4. The molecule has 4 nitrogen and oxygen atoms in total. The molecule has 1 aromatic rings. The summed E-state index contributed by atoms with van der Waals surface area (Å²) < 4.78 is 10.9. The first kappa shape index (κ1) is 15.4. The lowest BCUT2D eigenvalue weighted by atomic mass is 10.1. The van der Waals surface area contributed by atoms with Crippen LogP contribution < -0.4 is 5.32 Å². The van der Waals surface area contributed by atoms with Crippen molar-refractivity contribution in [2.75, 3.05) is 32.9 Å². The quantitative estimate of drug-likeness (QED) is 0.671. The minimum absolute atomic E-state index is 0.230. The van der Waals surface area contributed by atoms with Crippen LogP contribution in [0.5, 0.6) is 0 Å². The molecule has 0 saturated carbocycles. The summed E-state index contributed by atoms with van der Waals surface area (Å²) in [6, 6.07) is 10.3. The fraction of sp³-hybridized carbons (Fsp3) is 0.625. The van der Waals surface area contributed by atoms with Gasteiger partial charge < -0.3 is 19.9 Å². The van der Waals surface area contributed by atoms with Crippen molar-refractivity contribution >= 4 is 0 Å². The number of rotatable bonds is 9. The summed E-state index contributed by atoms with van der Waals surface area (Å²) in [7, 11) is 0. The van der Waals surface area contributed by atoms with Gasteiger partial charge in [-0.05, 0) is 31.4 Å². The highest BCUT2D eigenvalue weighted by Crippen LogP contribution is 2.11. The Kier molecular flexibility index (Phi) is 7.01. The molecule has 0 aliphatic carbocycles. The Hall–Kier alpha value is -0.940. The van der Waals surface area contributed by atoms with Gasteiger partial charge in [0.25, 0.3) is 0 Å². The standard InChI is InChI=1S/C16H25NO3/c18-15(12-19-13-16-7-4-10-20-16)11-17-9-8-14-5-2-1-3-6-14/h1-3,5-6,15-18H,4,7-13H2/t15-,16-/m0/s1. The third kappa shape index (κ3) is 6.01. The smallest absolute Gasteiger partial charge is 0.0897 e. The molecule has 1 fully saturated rings. The van der Waals surface area contributed by atoms with Crippen molar-refractivity contribution in [3.8, 4) is 0 Å². The second-order valence-corrected chi connectivity index (χ2v) is 5.27. The maximum absolute atomic E-state index is 9.79. The summed E-state index contributed by atoms with van der Waals surface area (Å²) in [5, 5.41) is 13.0. The molecule has 1 aliphatic heterocycles. The molecule has 0 radical (unpaired) electrons. The largest absolute Gasteiger partial charge is 0.389 e. The minimum Gasteiger partial charge on any atom is -0.389 e. The van der Waals surface area contributed by atoms with Crippen molar-refractivity contribution in [1.29, 1.82) is 0 Å². The van der Waals surface area contributed by atoms with Crippen molar-refractivity contribution in [3.63, 3.8) is 0 Å². The molecule has 0 aromatic heterocycles. The monoisotopic (exact) mass is 279 g/mol. The van der Waals surface area contributed by atoms with Crippen LogP contribution in [0.15, 0.2) is 30.3 Å². The summed E-state index contributed by atoms with van der Waals surface area (Å²) >= 11 is 0. The summed E-state index contributed by atoms with van der Waals surface area (Å²) in [6.45, 7) is 3.25. The topological polar surface area (TPSA) is 50.7 Å². The molecule has 4 heteroatoms. The second kappa shape index (κ2) is 9.08. The number of aliphatic hydroxyl groups excluding tert-OH is 1. The Labute approximate surface area is 121 Å². The predicted octanol–water partition coefficient (Wildman–Crippen LogP) is 1.38. The van der Waals surface area contributed by atoms with Crippen LogP contribution in [0.1, 0.15) is 18.4 Å². The molecule has 112 valence electrons. The Morgan fingerprint density at radius 2 is 2.20 bits per heavy atom. The van der Waals surface area contributed by atoms with E-state index in [4.69, 9.17) is 9.47 Å². The van der Waals surface area contributed by atoms with Crippen molar-refractivity contribution in [2.24, 2.45) is 0 Å². The first-order valence-electron chi connectivity index (χ1n) is 7.46. The Morgan fingerprint density at radius 1 is 1.35 bits per heavy atom. The fourth-order valence-electron chi connectivity index (χ4n) is 2.32. The average Bonchev–Trinajstić information content (AvgIpc) is 2.98. The first-order chi connectivity index (χ1) is 9.84. The Bertz CT molecular complexity index is 352. The number of aliphatic hydroxyl groups is 1. The zero-order valence-corrected chi connectivity index (χ0v) is 12.0. The maximum atomic E-state index is 9.79. The van der Waals surface area contributed by atoms with E-state index >= 15 is 0 Å². The summed E-state index contributed by atoms with van der Waals surface area (Å²) in [5.41, 5.74) is 1.31. The summed E-state index contributed by atoms with van der Waals surface area (Å²) in [4.78, 5) is 0. The summed E-state index contributed by atoms with van der Waals surface area (Å²) in [5.74, 6) is 0. The summed E-state index contributed by atoms with van der Waals surface area (Å²) in [6.07, 6.45) is 2.95. The number of nitrogens with one attached hydrogen (secondary N) is 1. The van der Waals surface area contributed by atoms with Crippen LogP contribution in [0.2, 0.25) is 0 Å². The molecular weight excluding hydrogens is 254 g/mol. The first-order valence-corrected chi connectivity index (χ1v) is 7.46. The van der Waals surface area contributed by atoms with Crippen molar-refractivity contribution in [2.45, 2.75) is 31.5 Å². The van der Waals surface area contributed by atoms with Crippen LogP contribution in [0, 0.1) is 0 Å². The molecule has 1 heterocycles. The van der Waals surface area contributed by atoms with Crippen molar-refractivity contribution in [1.82, 2.24) is 5.32 Å². The van der Waals surface area contributed by atoms with Gasteiger partial charge in [-0.1, -0.05) is 30.3 Å². The molecule has 1 aromatic carbocycles. The maximum Gasteiger partial charge on any atom is 0.0897 e. The number of hydrogen-bond donors (Lipinski definition) is 2. The van der Waals surface area contributed by atoms with Crippen LogP contribution in [-0.2, 0) is 15.9 Å². The lowest BCUT2D eigenvalue weighted by Crippen LogP contribution is -2.32. The van der Waals surface area contributed by atoms with Gasteiger partial charge in [0.2, 0.25) is 0 Å². The minimum atomic E-state index is -0.452. The van der Waals surface area contributed by atoms with Crippen LogP contribution in [0.4, 0.5) is 0 Å². The van der Waals surface area contributed by atoms with E-state index in [2.05, 4.69) is 17.4 Å². The second-order valence-electron chi connectivity index (χ2n) is 5.27. The average molecular weight is 279 g/mol. The molecule has 0 amide bonds. The van der Waals surface area contributed by atoms with Gasteiger partial charge in [0.1, 0.15) is 0 Å². The highest BCUT2D eigenvalue weighted by molar-refractivity contribution is 5.14. The van der Waals surface area contributed by atoms with Crippen LogP contribution in [0.25, 0.3) is 0 Å². The van der Waals surface area contributed by atoms with E-state index in [1.165, 1.54) is 5.56 Å². The SMILES string of the molecule is O[C@@H](CNCCc1ccccc1)COC[C@@H]1CCCO1. The Morgan fingerprint density at radius 3 is 2.95 bits per heavy atom.